The van der Waals surface area contributed by atoms with Gasteiger partial charge < -0.3 is 25.2 Å². The van der Waals surface area contributed by atoms with E-state index in [1.165, 1.54) is 16.0 Å². The SMILES string of the molecule is CCNC(=NCc1ccc(OCCO)c(OC)c1)NCc1ccc(C)cc1SC.I. The molecule has 0 aliphatic heterocycles. The van der Waals surface area contributed by atoms with Crippen molar-refractivity contribution >= 4 is 41.7 Å². The predicted molar refractivity (Wildman–Crippen MR) is 136 cm³/mol. The number of hydrogen-bond donors (Lipinski definition) is 3. The van der Waals surface area contributed by atoms with Crippen molar-refractivity contribution in [1.82, 2.24) is 10.6 Å². The van der Waals surface area contributed by atoms with E-state index < -0.39 is 0 Å². The first-order valence-electron chi connectivity index (χ1n) is 9.67. The molecule has 6 nitrogen and oxygen atoms in total. The van der Waals surface area contributed by atoms with Gasteiger partial charge in [0.15, 0.2) is 17.5 Å². The van der Waals surface area contributed by atoms with Gasteiger partial charge >= 0.3 is 0 Å². The van der Waals surface area contributed by atoms with E-state index >= 15 is 0 Å². The Morgan fingerprint density at radius 3 is 2.60 bits per heavy atom. The van der Waals surface area contributed by atoms with Crippen molar-refractivity contribution in [1.29, 1.82) is 0 Å². The largest absolute Gasteiger partial charge is 0.493 e. The molecule has 0 saturated heterocycles. The number of benzene rings is 2. The van der Waals surface area contributed by atoms with Crippen LogP contribution in [0, 0.1) is 6.92 Å². The quantitative estimate of drug-likeness (QED) is 0.182. The molecule has 0 unspecified atom stereocenters. The molecule has 166 valence electrons. The number of nitrogens with zero attached hydrogens (tertiary/aromatic N) is 1. The maximum atomic E-state index is 8.92. The first kappa shape index (κ1) is 26.4. The molecule has 3 N–H and O–H groups in total. The van der Waals surface area contributed by atoms with Crippen LogP contribution >= 0.6 is 35.7 Å². The van der Waals surface area contributed by atoms with Crippen molar-refractivity contribution in [2.45, 2.75) is 31.8 Å². The number of aryl methyl sites for hydroxylation is 1. The highest BCUT2D eigenvalue weighted by atomic mass is 127. The Balaban J connectivity index is 0.00000450. The van der Waals surface area contributed by atoms with E-state index in [1.54, 1.807) is 18.9 Å². The number of aliphatic hydroxyl groups is 1. The van der Waals surface area contributed by atoms with Gasteiger partial charge in [-0.2, -0.15) is 0 Å². The number of guanidine groups is 1. The minimum absolute atomic E-state index is 0. The lowest BCUT2D eigenvalue weighted by molar-refractivity contribution is 0.196. The van der Waals surface area contributed by atoms with Gasteiger partial charge in [0.1, 0.15) is 6.61 Å². The third-order valence-electron chi connectivity index (χ3n) is 4.23. The summed E-state index contributed by atoms with van der Waals surface area (Å²) in [7, 11) is 1.60. The van der Waals surface area contributed by atoms with E-state index in [2.05, 4.69) is 42.0 Å². The normalized spacial score (nSPS) is 10.9. The Kier molecular flexibility index (Phi) is 12.6. The highest BCUT2D eigenvalue weighted by molar-refractivity contribution is 14.0. The summed E-state index contributed by atoms with van der Waals surface area (Å²) in [5, 5.41) is 15.6. The van der Waals surface area contributed by atoms with Crippen molar-refractivity contribution in [3.8, 4) is 11.5 Å². The topological polar surface area (TPSA) is 75.1 Å². The molecule has 0 amide bonds. The van der Waals surface area contributed by atoms with Gasteiger partial charge in [-0.15, -0.1) is 35.7 Å². The van der Waals surface area contributed by atoms with E-state index in [0.717, 1.165) is 18.1 Å². The maximum absolute atomic E-state index is 8.92. The summed E-state index contributed by atoms with van der Waals surface area (Å²) in [5.74, 6) is 2.01. The molecular formula is C22H32IN3O3S. The van der Waals surface area contributed by atoms with Gasteiger partial charge in [0.25, 0.3) is 0 Å². The number of aliphatic imine (C=N–C) groups is 1. The zero-order valence-corrected chi connectivity index (χ0v) is 21.2. The molecule has 0 fully saturated rings. The van der Waals surface area contributed by atoms with Gasteiger partial charge in [-0.25, -0.2) is 4.99 Å². The van der Waals surface area contributed by atoms with Crippen LogP contribution in [-0.2, 0) is 13.1 Å². The van der Waals surface area contributed by atoms with E-state index in [9.17, 15) is 0 Å². The number of halogens is 1. The lowest BCUT2D eigenvalue weighted by atomic mass is 10.1. The lowest BCUT2D eigenvalue weighted by Gasteiger charge is -2.14. The number of rotatable bonds is 10. The number of ether oxygens (including phenoxy) is 2. The van der Waals surface area contributed by atoms with Crippen LogP contribution in [0.1, 0.15) is 23.6 Å². The summed E-state index contributed by atoms with van der Waals surface area (Å²) in [4.78, 5) is 5.96. The van der Waals surface area contributed by atoms with Crippen LogP contribution in [0.4, 0.5) is 0 Å². The summed E-state index contributed by atoms with van der Waals surface area (Å²) in [6, 6.07) is 12.2. The smallest absolute Gasteiger partial charge is 0.191 e. The molecule has 0 radical (unpaired) electrons. The number of aliphatic hydroxyl groups excluding tert-OH is 1. The van der Waals surface area contributed by atoms with Crippen LogP contribution in [0.5, 0.6) is 11.5 Å². The summed E-state index contributed by atoms with van der Waals surface area (Å²) < 4.78 is 10.9. The standard InChI is InChI=1S/C22H31N3O3S.HI/c1-5-23-22(25-15-18-8-6-16(2)12-21(18)29-4)24-14-17-7-9-19(28-11-10-26)20(13-17)27-3;/h6-9,12-13,26H,5,10-11,14-15H2,1-4H3,(H2,23,24,25);1H. The number of hydrogen-bond acceptors (Lipinski definition) is 5. The van der Waals surface area contributed by atoms with E-state index in [-0.39, 0.29) is 37.2 Å². The summed E-state index contributed by atoms with van der Waals surface area (Å²) in [6.07, 6.45) is 2.10. The van der Waals surface area contributed by atoms with Crippen molar-refractivity contribution in [3.63, 3.8) is 0 Å². The molecule has 0 bridgehead atoms. The summed E-state index contributed by atoms with van der Waals surface area (Å²) in [5.41, 5.74) is 3.52. The second kappa shape index (κ2) is 14.4. The fourth-order valence-electron chi connectivity index (χ4n) is 2.77. The third kappa shape index (κ3) is 8.23. The molecule has 0 atom stereocenters. The molecule has 0 aliphatic rings. The molecule has 30 heavy (non-hydrogen) atoms. The Bertz CT molecular complexity index is 818. The monoisotopic (exact) mass is 545 g/mol. The second-order valence-electron chi connectivity index (χ2n) is 6.42. The molecule has 2 rings (SSSR count). The van der Waals surface area contributed by atoms with Crippen LogP contribution in [0.2, 0.25) is 0 Å². The van der Waals surface area contributed by atoms with Gasteiger partial charge in [0.2, 0.25) is 0 Å². The Morgan fingerprint density at radius 2 is 1.93 bits per heavy atom. The van der Waals surface area contributed by atoms with E-state index in [1.807, 2.05) is 25.1 Å². The first-order chi connectivity index (χ1) is 14.1. The maximum Gasteiger partial charge on any atom is 0.191 e. The van der Waals surface area contributed by atoms with Crippen LogP contribution in [-0.4, -0.2) is 44.2 Å². The first-order valence-corrected chi connectivity index (χ1v) is 10.9. The lowest BCUT2D eigenvalue weighted by Crippen LogP contribution is -2.36. The van der Waals surface area contributed by atoms with Crippen molar-refractivity contribution < 1.29 is 14.6 Å². The Morgan fingerprint density at radius 1 is 1.13 bits per heavy atom. The average molecular weight is 545 g/mol. The van der Waals surface area contributed by atoms with Gasteiger partial charge in [-0.3, -0.25) is 0 Å². The molecule has 8 heteroatoms. The Hall–Kier alpha value is -1.65. The van der Waals surface area contributed by atoms with Crippen molar-refractivity contribution in [3.05, 3.63) is 53.1 Å². The predicted octanol–water partition coefficient (Wildman–Crippen LogP) is 3.97. The number of methoxy groups -OCH3 is 1. The molecule has 0 aliphatic carbocycles. The highest BCUT2D eigenvalue weighted by Gasteiger charge is 2.07. The van der Waals surface area contributed by atoms with Crippen LogP contribution in [0.3, 0.4) is 0 Å². The van der Waals surface area contributed by atoms with Gasteiger partial charge in [-0.1, -0.05) is 18.2 Å². The summed E-state index contributed by atoms with van der Waals surface area (Å²) >= 11 is 1.75. The number of nitrogens with one attached hydrogen (secondary N) is 2. The molecule has 0 spiro atoms. The minimum atomic E-state index is -0.0356. The molecular weight excluding hydrogens is 513 g/mol. The van der Waals surface area contributed by atoms with Gasteiger partial charge in [-0.05, 0) is 55.0 Å². The summed E-state index contributed by atoms with van der Waals surface area (Å²) in [6.45, 7) is 6.36. The fourth-order valence-corrected chi connectivity index (χ4v) is 3.48. The fraction of sp³-hybridized carbons (Fsp3) is 0.409. The van der Waals surface area contributed by atoms with Crippen LogP contribution in [0.25, 0.3) is 0 Å². The average Bonchev–Trinajstić information content (AvgIpc) is 2.74. The minimum Gasteiger partial charge on any atom is -0.493 e. The molecule has 0 aromatic heterocycles. The molecule has 0 heterocycles. The molecule has 0 saturated carbocycles. The second-order valence-corrected chi connectivity index (χ2v) is 7.27. The van der Waals surface area contributed by atoms with Gasteiger partial charge in [0.05, 0.1) is 20.3 Å². The van der Waals surface area contributed by atoms with Crippen LogP contribution in [0.15, 0.2) is 46.3 Å². The van der Waals surface area contributed by atoms with Crippen molar-refractivity contribution in [2.75, 3.05) is 33.1 Å². The number of thioether (sulfide) groups is 1. The Labute approximate surface area is 200 Å². The van der Waals surface area contributed by atoms with Crippen LogP contribution < -0.4 is 20.1 Å². The van der Waals surface area contributed by atoms with E-state index in [4.69, 9.17) is 19.6 Å². The van der Waals surface area contributed by atoms with Crippen molar-refractivity contribution in [2.24, 2.45) is 4.99 Å². The molecule has 2 aromatic carbocycles. The zero-order chi connectivity index (χ0) is 21.1. The third-order valence-corrected chi connectivity index (χ3v) is 5.05. The van der Waals surface area contributed by atoms with E-state index in [0.29, 0.717) is 24.6 Å². The molecule has 2 aromatic rings. The highest BCUT2D eigenvalue weighted by Crippen LogP contribution is 2.28. The zero-order valence-electron chi connectivity index (χ0n) is 18.0. The van der Waals surface area contributed by atoms with Gasteiger partial charge in [0, 0.05) is 18.0 Å².